The minimum absolute atomic E-state index is 0.0226. The van der Waals surface area contributed by atoms with Gasteiger partial charge in [-0.3, -0.25) is 19.5 Å². The zero-order chi connectivity index (χ0) is 27.9. The van der Waals surface area contributed by atoms with E-state index in [1.54, 1.807) is 13.1 Å². The Bertz CT molecular complexity index is 1470. The Morgan fingerprint density at radius 2 is 1.82 bits per heavy atom. The normalized spacial score (nSPS) is 15.2. The quantitative estimate of drug-likeness (QED) is 0.349. The summed E-state index contributed by atoms with van der Waals surface area (Å²) in [6.07, 6.45) is 9.22. The Balaban J connectivity index is 1.40. The van der Waals surface area contributed by atoms with Crippen LogP contribution in [0.15, 0.2) is 60.9 Å². The van der Waals surface area contributed by atoms with E-state index >= 15 is 0 Å². The molecule has 1 aliphatic rings. The molecule has 0 saturated heterocycles. The molecule has 0 aliphatic carbocycles. The third-order valence-corrected chi connectivity index (χ3v) is 7.49. The molecule has 5 rings (SSSR count). The number of aromatic nitrogens is 3. The largest absolute Gasteiger partial charge is 0.345 e. The average Bonchev–Trinajstić information content (AvgIpc) is 3.35. The lowest BCUT2D eigenvalue weighted by Crippen LogP contribution is -2.33. The lowest BCUT2D eigenvalue weighted by molar-refractivity contribution is -0.116. The van der Waals surface area contributed by atoms with E-state index in [9.17, 15) is 9.59 Å². The molecule has 0 spiro atoms. The summed E-state index contributed by atoms with van der Waals surface area (Å²) in [4.78, 5) is 42.5. The van der Waals surface area contributed by atoms with Crippen LogP contribution in [0.1, 0.15) is 71.9 Å². The number of fused-ring (bicyclic) bond motifs is 2. The number of carbonyl (C=O) groups is 2. The third kappa shape index (κ3) is 6.93. The Kier molecular flexibility index (Phi) is 8.86. The molecule has 2 aromatic carbocycles. The highest BCUT2D eigenvalue weighted by Crippen LogP contribution is 2.27. The number of nitrogens with zero attached hydrogens (tertiary/aromatic N) is 4. The summed E-state index contributed by atoms with van der Waals surface area (Å²) in [5.41, 5.74) is 6.58. The Hall–Kier alpha value is -4.04. The number of nitrogens with one attached hydrogen (secondary N) is 2. The lowest BCUT2D eigenvalue weighted by Gasteiger charge is -2.29. The molecule has 0 atom stereocenters. The second kappa shape index (κ2) is 12.9. The van der Waals surface area contributed by atoms with E-state index in [0.717, 1.165) is 65.8 Å². The van der Waals surface area contributed by atoms with Crippen LogP contribution in [-0.4, -0.2) is 44.8 Å². The highest BCUT2D eigenvalue weighted by atomic mass is 16.2. The highest BCUT2D eigenvalue weighted by molar-refractivity contribution is 5.97. The number of carbonyl (C=O) groups excluding carboxylic acids is 2. The van der Waals surface area contributed by atoms with Gasteiger partial charge in [0.05, 0.1) is 17.6 Å². The van der Waals surface area contributed by atoms with Gasteiger partial charge in [0.25, 0.3) is 5.91 Å². The van der Waals surface area contributed by atoms with E-state index in [4.69, 9.17) is 0 Å². The molecule has 3 heterocycles. The van der Waals surface area contributed by atoms with Crippen molar-refractivity contribution in [3.8, 4) is 0 Å². The number of rotatable bonds is 5. The van der Waals surface area contributed by atoms with Crippen molar-refractivity contribution in [2.45, 2.75) is 65.6 Å². The molecule has 0 saturated carbocycles. The predicted octanol–water partition coefficient (Wildman–Crippen LogP) is 5.52. The van der Waals surface area contributed by atoms with Gasteiger partial charge < -0.3 is 15.2 Å². The minimum Gasteiger partial charge on any atom is -0.345 e. The van der Waals surface area contributed by atoms with Crippen molar-refractivity contribution < 1.29 is 9.59 Å². The maximum Gasteiger partial charge on any atom is 0.251 e. The minimum atomic E-state index is -0.168. The molecule has 2 aromatic heterocycles. The maximum atomic E-state index is 13.3. The first-order valence-electron chi connectivity index (χ1n) is 14.2. The standard InChI is InChI=1S/C32H38N6O2/c1-23-10-12-28-29(17-23)36-31(35-28)20-34-32(40)26-11-13-30-27(18-26)22-37(21-25-9-8-14-33-19-25)15-6-4-3-5-7-16-38(30)24(2)39/h8-14,17-19H,3-7,15-16,20-22H2,1-2H3,(H,34,40)(H,35,36). The third-order valence-electron chi connectivity index (χ3n) is 7.49. The number of aromatic amines is 1. The number of H-pyrrole nitrogens is 1. The Morgan fingerprint density at radius 1 is 1.00 bits per heavy atom. The van der Waals surface area contributed by atoms with E-state index in [1.165, 1.54) is 12.8 Å². The van der Waals surface area contributed by atoms with Gasteiger partial charge in [0.1, 0.15) is 5.82 Å². The number of anilines is 1. The number of pyridine rings is 1. The maximum absolute atomic E-state index is 13.3. The summed E-state index contributed by atoms with van der Waals surface area (Å²) in [7, 11) is 0. The number of hydrogen-bond acceptors (Lipinski definition) is 5. The second-order valence-electron chi connectivity index (χ2n) is 10.7. The second-order valence-corrected chi connectivity index (χ2v) is 10.7. The van der Waals surface area contributed by atoms with Crippen LogP contribution < -0.4 is 10.2 Å². The molecule has 4 aromatic rings. The van der Waals surface area contributed by atoms with Crippen molar-refractivity contribution in [1.29, 1.82) is 0 Å². The van der Waals surface area contributed by atoms with E-state index in [2.05, 4.69) is 37.3 Å². The molecule has 2 N–H and O–H groups in total. The van der Waals surface area contributed by atoms with Crippen LogP contribution in [0.2, 0.25) is 0 Å². The van der Waals surface area contributed by atoms with Crippen molar-refractivity contribution in [3.63, 3.8) is 0 Å². The first kappa shape index (κ1) is 27.5. The number of aryl methyl sites for hydroxylation is 1. The summed E-state index contributed by atoms with van der Waals surface area (Å²) >= 11 is 0. The first-order chi connectivity index (χ1) is 19.5. The van der Waals surface area contributed by atoms with Crippen LogP contribution in [0, 0.1) is 6.92 Å². The van der Waals surface area contributed by atoms with Crippen molar-refractivity contribution in [2.75, 3.05) is 18.0 Å². The van der Waals surface area contributed by atoms with Gasteiger partial charge in [0, 0.05) is 50.2 Å². The SMILES string of the molecule is CC(=O)N1CCCCCCCN(Cc2cccnc2)Cc2cc(C(=O)NCc3nc4ccc(C)cc4[nH]3)ccc21. The predicted molar refractivity (Wildman–Crippen MR) is 158 cm³/mol. The summed E-state index contributed by atoms with van der Waals surface area (Å²) in [6, 6.07) is 15.8. The molecule has 2 amide bonds. The number of amides is 2. The van der Waals surface area contributed by atoms with Crippen molar-refractivity contribution in [1.82, 2.24) is 25.2 Å². The molecule has 8 heteroatoms. The van der Waals surface area contributed by atoms with Crippen molar-refractivity contribution in [3.05, 3.63) is 89.0 Å². The van der Waals surface area contributed by atoms with E-state index < -0.39 is 0 Å². The number of hydrogen-bond donors (Lipinski definition) is 2. The van der Waals surface area contributed by atoms with E-state index in [-0.39, 0.29) is 11.8 Å². The van der Waals surface area contributed by atoms with Crippen LogP contribution >= 0.6 is 0 Å². The van der Waals surface area contributed by atoms with Gasteiger partial charge in [0.2, 0.25) is 5.91 Å². The zero-order valence-electron chi connectivity index (χ0n) is 23.4. The zero-order valence-corrected chi connectivity index (χ0v) is 23.4. The van der Waals surface area contributed by atoms with Crippen LogP contribution in [0.5, 0.6) is 0 Å². The van der Waals surface area contributed by atoms with Crippen molar-refractivity contribution >= 4 is 28.5 Å². The fourth-order valence-corrected chi connectivity index (χ4v) is 5.43. The Morgan fingerprint density at radius 3 is 2.62 bits per heavy atom. The van der Waals surface area contributed by atoms with Gasteiger partial charge in [-0.25, -0.2) is 4.98 Å². The average molecular weight is 539 g/mol. The topological polar surface area (TPSA) is 94.2 Å². The molecular weight excluding hydrogens is 500 g/mol. The van der Waals surface area contributed by atoms with Crippen LogP contribution in [0.3, 0.4) is 0 Å². The molecule has 40 heavy (non-hydrogen) atoms. The smallest absolute Gasteiger partial charge is 0.251 e. The van der Waals surface area contributed by atoms with Gasteiger partial charge in [-0.2, -0.15) is 0 Å². The Labute approximate surface area is 235 Å². The summed E-state index contributed by atoms with van der Waals surface area (Å²) < 4.78 is 0. The summed E-state index contributed by atoms with van der Waals surface area (Å²) in [5, 5.41) is 3.02. The monoisotopic (exact) mass is 538 g/mol. The first-order valence-corrected chi connectivity index (χ1v) is 14.2. The van der Waals surface area contributed by atoms with Crippen molar-refractivity contribution in [2.24, 2.45) is 0 Å². The van der Waals surface area contributed by atoms with Gasteiger partial charge in [-0.15, -0.1) is 0 Å². The van der Waals surface area contributed by atoms with Gasteiger partial charge in [0.15, 0.2) is 0 Å². The van der Waals surface area contributed by atoms with Crippen LogP contribution in [0.25, 0.3) is 11.0 Å². The molecule has 0 bridgehead atoms. The van der Waals surface area contributed by atoms with Gasteiger partial charge in [-0.1, -0.05) is 31.4 Å². The fraction of sp³-hybridized carbons (Fsp3) is 0.375. The molecule has 0 fully saturated rings. The molecule has 0 unspecified atom stereocenters. The molecule has 1 aliphatic heterocycles. The molecule has 0 radical (unpaired) electrons. The number of benzene rings is 2. The molecule has 8 nitrogen and oxygen atoms in total. The van der Waals surface area contributed by atoms with E-state index in [1.807, 2.05) is 54.4 Å². The lowest BCUT2D eigenvalue weighted by atomic mass is 10.0. The highest BCUT2D eigenvalue weighted by Gasteiger charge is 2.20. The summed E-state index contributed by atoms with van der Waals surface area (Å²) in [5.74, 6) is 0.568. The van der Waals surface area contributed by atoms with Crippen LogP contribution in [-0.2, 0) is 24.4 Å². The van der Waals surface area contributed by atoms with Gasteiger partial charge >= 0.3 is 0 Å². The molecular formula is C32H38N6O2. The fourth-order valence-electron chi connectivity index (χ4n) is 5.43. The van der Waals surface area contributed by atoms with Gasteiger partial charge in [-0.05, 0) is 79.4 Å². The molecule has 208 valence electrons. The number of imidazole rings is 1. The van der Waals surface area contributed by atoms with E-state index in [0.29, 0.717) is 31.0 Å². The summed E-state index contributed by atoms with van der Waals surface area (Å²) in [6.45, 7) is 6.99. The van der Waals surface area contributed by atoms with Crippen LogP contribution in [0.4, 0.5) is 5.69 Å².